The van der Waals surface area contributed by atoms with E-state index in [0.29, 0.717) is 11.9 Å². The van der Waals surface area contributed by atoms with Crippen LogP contribution in [0.2, 0.25) is 0 Å². The molecule has 0 unspecified atom stereocenters. The zero-order valence-electron chi connectivity index (χ0n) is 20.0. The monoisotopic (exact) mass is 424 g/mol. The molecule has 2 heterocycles. The molecule has 4 heteroatoms. The number of nitrogens with zero attached hydrogens (tertiary/aromatic N) is 2. The largest absolute Gasteiger partial charge is 0.358 e. The highest BCUT2D eigenvalue weighted by Crippen LogP contribution is 2.44. The van der Waals surface area contributed by atoms with Gasteiger partial charge in [0.15, 0.2) is 0 Å². The van der Waals surface area contributed by atoms with Gasteiger partial charge in [-0.15, -0.1) is 0 Å². The summed E-state index contributed by atoms with van der Waals surface area (Å²) in [5, 5.41) is 4.80. The van der Waals surface area contributed by atoms with Crippen LogP contribution in [-0.2, 0) is 6.42 Å². The topological polar surface area (TPSA) is 53.6 Å². The van der Waals surface area contributed by atoms with Gasteiger partial charge in [-0.2, -0.15) is 0 Å². The van der Waals surface area contributed by atoms with Crippen LogP contribution in [0.4, 0.5) is 11.6 Å². The molecule has 0 bridgehead atoms. The molecule has 5 rings (SSSR count). The third-order valence-corrected chi connectivity index (χ3v) is 7.18. The summed E-state index contributed by atoms with van der Waals surface area (Å²) in [6, 6.07) is 10.8. The zero-order chi connectivity index (χ0) is 22.6. The van der Waals surface area contributed by atoms with Crippen LogP contribution < -0.4 is 5.32 Å². The molecule has 4 nitrogen and oxygen atoms in total. The molecule has 1 fully saturated rings. The summed E-state index contributed by atoms with van der Waals surface area (Å²) in [5.74, 6) is 1.38. The second-order valence-electron chi connectivity index (χ2n) is 9.27. The quantitative estimate of drug-likeness (QED) is 0.352. The molecule has 0 aliphatic heterocycles. The third kappa shape index (κ3) is 3.38. The van der Waals surface area contributed by atoms with Gasteiger partial charge in [-0.25, -0.2) is 9.97 Å². The van der Waals surface area contributed by atoms with Crippen LogP contribution >= 0.6 is 0 Å². The van der Waals surface area contributed by atoms with Crippen molar-refractivity contribution in [3.8, 4) is 11.3 Å². The summed E-state index contributed by atoms with van der Waals surface area (Å²) in [4.78, 5) is 13.4. The van der Waals surface area contributed by atoms with Crippen molar-refractivity contribution in [1.29, 1.82) is 0 Å². The number of anilines is 2. The number of benzene rings is 2. The van der Waals surface area contributed by atoms with Crippen molar-refractivity contribution >= 4 is 22.5 Å². The van der Waals surface area contributed by atoms with Crippen LogP contribution in [0, 0.1) is 34.6 Å². The molecular formula is C28H32N4. The van der Waals surface area contributed by atoms with Crippen molar-refractivity contribution < 1.29 is 0 Å². The number of fused-ring (bicyclic) bond motifs is 1. The number of hydrogen-bond donors (Lipinski definition) is 2. The van der Waals surface area contributed by atoms with Gasteiger partial charge < -0.3 is 10.3 Å². The first-order valence-corrected chi connectivity index (χ1v) is 11.7. The van der Waals surface area contributed by atoms with E-state index in [1.54, 1.807) is 0 Å². The predicted octanol–water partition coefficient (Wildman–Crippen LogP) is 7.35. The maximum Gasteiger partial charge on any atom is 0.228 e. The number of para-hydroxylation sites is 1. The highest BCUT2D eigenvalue weighted by Gasteiger charge is 2.27. The fourth-order valence-electron chi connectivity index (χ4n) is 5.10. The second-order valence-corrected chi connectivity index (χ2v) is 9.27. The van der Waals surface area contributed by atoms with Crippen LogP contribution in [0.1, 0.15) is 64.9 Å². The van der Waals surface area contributed by atoms with Crippen molar-refractivity contribution in [3.05, 3.63) is 69.5 Å². The lowest BCUT2D eigenvalue weighted by molar-refractivity contribution is 1.02. The maximum absolute atomic E-state index is 5.05. The van der Waals surface area contributed by atoms with Crippen molar-refractivity contribution in [2.45, 2.75) is 66.7 Å². The molecule has 2 aromatic carbocycles. The summed E-state index contributed by atoms with van der Waals surface area (Å²) in [5.41, 5.74) is 13.4. The minimum atomic E-state index is 0.670. The Labute approximate surface area is 190 Å². The fraction of sp³-hybridized carbons (Fsp3) is 0.357. The molecule has 2 aromatic heterocycles. The highest BCUT2D eigenvalue weighted by molar-refractivity contribution is 5.97. The molecule has 0 atom stereocenters. The lowest BCUT2D eigenvalue weighted by Gasteiger charge is -2.19. The number of aromatic amines is 1. The minimum Gasteiger partial charge on any atom is -0.358 e. The number of aryl methyl sites for hydroxylation is 2. The molecule has 32 heavy (non-hydrogen) atoms. The highest BCUT2D eigenvalue weighted by atomic mass is 15.1. The Hall–Kier alpha value is -3.14. The van der Waals surface area contributed by atoms with Crippen LogP contribution in [0.25, 0.3) is 22.2 Å². The van der Waals surface area contributed by atoms with Crippen LogP contribution in [0.15, 0.2) is 30.3 Å². The Balaban J connectivity index is 1.63. The van der Waals surface area contributed by atoms with Gasteiger partial charge in [0, 0.05) is 33.5 Å². The molecule has 1 saturated carbocycles. The molecule has 4 aromatic rings. The molecule has 0 saturated heterocycles. The standard InChI is InChI=1S/C28H32N4/c1-7-21-16(3)23(20-12-13-20)14-25(17(21)4)31-28-30-18(5)15(2)27(32-28)26-19(6)29-24-11-9-8-10-22(24)26/h8-11,14,20,29H,7,12-13H2,1-6H3,(H,30,31,32). The minimum absolute atomic E-state index is 0.670. The molecule has 0 spiro atoms. The maximum atomic E-state index is 5.05. The molecule has 0 amide bonds. The van der Waals surface area contributed by atoms with Gasteiger partial charge in [0.1, 0.15) is 0 Å². The van der Waals surface area contributed by atoms with Crippen molar-refractivity contribution in [2.24, 2.45) is 0 Å². The number of nitrogens with one attached hydrogen (secondary N) is 2. The van der Waals surface area contributed by atoms with Crippen molar-refractivity contribution in [3.63, 3.8) is 0 Å². The Morgan fingerprint density at radius 3 is 2.44 bits per heavy atom. The Morgan fingerprint density at radius 2 is 1.72 bits per heavy atom. The number of aromatic nitrogens is 3. The average Bonchev–Trinajstić information content (AvgIpc) is 3.55. The first-order valence-electron chi connectivity index (χ1n) is 11.7. The van der Waals surface area contributed by atoms with Crippen LogP contribution in [0.5, 0.6) is 0 Å². The van der Waals surface area contributed by atoms with E-state index in [1.807, 2.05) is 0 Å². The van der Waals surface area contributed by atoms with E-state index < -0.39 is 0 Å². The van der Waals surface area contributed by atoms with E-state index in [0.717, 1.165) is 40.3 Å². The first kappa shape index (κ1) is 20.7. The lowest BCUT2D eigenvalue weighted by Crippen LogP contribution is -2.07. The van der Waals surface area contributed by atoms with E-state index in [-0.39, 0.29) is 0 Å². The SMILES string of the molecule is CCc1c(C)c(Nc2nc(C)c(C)c(-c3c(C)[nH]c4ccccc34)n2)cc(C2CC2)c1C. The lowest BCUT2D eigenvalue weighted by atomic mass is 9.92. The zero-order valence-corrected chi connectivity index (χ0v) is 20.0. The Kier molecular flexibility index (Phi) is 5.04. The van der Waals surface area contributed by atoms with Crippen molar-refractivity contribution in [2.75, 3.05) is 5.32 Å². The summed E-state index contributed by atoms with van der Waals surface area (Å²) in [6.45, 7) is 13.1. The Morgan fingerprint density at radius 1 is 0.969 bits per heavy atom. The van der Waals surface area contributed by atoms with Crippen molar-refractivity contribution in [1.82, 2.24) is 15.0 Å². The number of rotatable bonds is 5. The molecule has 2 N–H and O–H groups in total. The third-order valence-electron chi connectivity index (χ3n) is 7.18. The summed E-state index contributed by atoms with van der Waals surface area (Å²) >= 11 is 0. The van der Waals surface area contributed by atoms with E-state index in [1.165, 1.54) is 46.0 Å². The molecule has 0 radical (unpaired) electrons. The van der Waals surface area contributed by atoms with E-state index in [4.69, 9.17) is 9.97 Å². The molecule has 1 aliphatic rings. The summed E-state index contributed by atoms with van der Waals surface area (Å²) in [7, 11) is 0. The van der Waals surface area contributed by atoms with E-state index in [2.05, 4.69) is 82.2 Å². The normalized spacial score (nSPS) is 13.7. The first-order chi connectivity index (χ1) is 15.4. The Bertz CT molecular complexity index is 1340. The van der Waals surface area contributed by atoms with Gasteiger partial charge in [0.25, 0.3) is 0 Å². The molecular weight excluding hydrogens is 392 g/mol. The molecule has 1 aliphatic carbocycles. The molecule has 164 valence electrons. The fourth-order valence-corrected chi connectivity index (χ4v) is 5.10. The average molecular weight is 425 g/mol. The van der Waals surface area contributed by atoms with Crippen LogP contribution in [0.3, 0.4) is 0 Å². The summed E-state index contributed by atoms with van der Waals surface area (Å²) in [6.07, 6.45) is 3.65. The van der Waals surface area contributed by atoms with Gasteiger partial charge in [-0.1, -0.05) is 25.1 Å². The van der Waals surface area contributed by atoms with Gasteiger partial charge in [0.05, 0.1) is 5.69 Å². The number of H-pyrrole nitrogens is 1. The second kappa shape index (κ2) is 7.77. The van der Waals surface area contributed by atoms with Crippen LogP contribution in [-0.4, -0.2) is 15.0 Å². The predicted molar refractivity (Wildman–Crippen MR) is 134 cm³/mol. The number of hydrogen-bond acceptors (Lipinski definition) is 3. The summed E-state index contributed by atoms with van der Waals surface area (Å²) < 4.78 is 0. The van der Waals surface area contributed by atoms with Gasteiger partial charge in [-0.3, -0.25) is 0 Å². The van der Waals surface area contributed by atoms with Gasteiger partial charge in [-0.05, 0) is 99.7 Å². The van der Waals surface area contributed by atoms with E-state index >= 15 is 0 Å². The van der Waals surface area contributed by atoms with E-state index in [9.17, 15) is 0 Å². The van der Waals surface area contributed by atoms with Gasteiger partial charge in [0.2, 0.25) is 5.95 Å². The smallest absolute Gasteiger partial charge is 0.228 e. The van der Waals surface area contributed by atoms with Gasteiger partial charge >= 0.3 is 0 Å².